The Bertz CT molecular complexity index is 473. The highest BCUT2D eigenvalue weighted by atomic mass is 31.2. The highest BCUT2D eigenvalue weighted by Gasteiger charge is 2.23. The summed E-state index contributed by atoms with van der Waals surface area (Å²) in [7, 11) is -2.97. The van der Waals surface area contributed by atoms with E-state index in [1.54, 1.807) is 0 Å². The Hall–Kier alpha value is -0.890. The zero-order chi connectivity index (χ0) is 17.5. The van der Waals surface area contributed by atoms with Crippen LogP contribution in [-0.2, 0) is 20.2 Å². The maximum Gasteiger partial charge on any atom is 0.330 e. The molecule has 1 rings (SSSR count). The van der Waals surface area contributed by atoms with Crippen molar-refractivity contribution in [2.45, 2.75) is 64.9 Å². The van der Waals surface area contributed by atoms with Crippen LogP contribution in [0.25, 0.3) is 0 Å². The third-order valence-electron chi connectivity index (χ3n) is 3.94. The molecule has 0 aliphatic heterocycles. The topological polar surface area (TPSA) is 35.5 Å². The fourth-order valence-electron chi connectivity index (χ4n) is 2.59. The van der Waals surface area contributed by atoms with Gasteiger partial charge in [0, 0.05) is 0 Å². The van der Waals surface area contributed by atoms with Crippen LogP contribution in [0.1, 0.15) is 63.9 Å². The fourth-order valence-corrected chi connectivity index (χ4v) is 4.27. The van der Waals surface area contributed by atoms with Gasteiger partial charge in [-0.1, -0.05) is 68.5 Å². The van der Waals surface area contributed by atoms with E-state index in [9.17, 15) is 4.57 Å². The summed E-state index contributed by atoms with van der Waals surface area (Å²) >= 11 is 0. The van der Waals surface area contributed by atoms with Crippen molar-refractivity contribution in [2.75, 3.05) is 12.8 Å². The van der Waals surface area contributed by atoms with Crippen LogP contribution >= 0.6 is 7.60 Å². The molecular weight excluding hydrogens is 319 g/mol. The number of hydrogen-bond donors (Lipinski definition) is 0. The molecular formula is C20H33O3P. The van der Waals surface area contributed by atoms with E-state index in [1.807, 2.05) is 43.3 Å². The molecule has 0 aliphatic rings. The van der Waals surface area contributed by atoms with Gasteiger partial charge in [-0.25, -0.2) is 0 Å². The quantitative estimate of drug-likeness (QED) is 0.199. The first-order valence-corrected chi connectivity index (χ1v) is 11.0. The zero-order valence-electron chi connectivity index (χ0n) is 15.1. The van der Waals surface area contributed by atoms with E-state index in [4.69, 9.17) is 9.05 Å². The maximum absolute atomic E-state index is 12.7. The van der Waals surface area contributed by atoms with Gasteiger partial charge in [0.05, 0.1) is 19.4 Å². The second kappa shape index (κ2) is 13.4. The summed E-state index contributed by atoms with van der Waals surface area (Å²) in [6, 6.07) is 9.83. The Kier molecular flexibility index (Phi) is 11.8. The number of unbranched alkanes of at least 4 members (excludes halogenated alkanes) is 7. The van der Waals surface area contributed by atoms with Gasteiger partial charge in [-0.15, -0.1) is 6.58 Å². The van der Waals surface area contributed by atoms with Crippen molar-refractivity contribution in [3.05, 3.63) is 48.6 Å². The molecule has 3 nitrogen and oxygen atoms in total. The van der Waals surface area contributed by atoms with Crippen molar-refractivity contribution in [3.8, 4) is 0 Å². The third kappa shape index (κ3) is 10.1. The molecule has 4 heteroatoms. The molecule has 0 aromatic heterocycles. The van der Waals surface area contributed by atoms with Crippen LogP contribution in [0.5, 0.6) is 0 Å². The average Bonchev–Trinajstić information content (AvgIpc) is 2.60. The lowest BCUT2D eigenvalue weighted by Gasteiger charge is -2.18. The largest absolute Gasteiger partial charge is 0.330 e. The summed E-state index contributed by atoms with van der Waals surface area (Å²) in [5.41, 5.74) is 1.02. The predicted octanol–water partition coefficient (Wildman–Crippen LogP) is 6.74. The van der Waals surface area contributed by atoms with Gasteiger partial charge in [0.25, 0.3) is 0 Å². The van der Waals surface area contributed by atoms with E-state index < -0.39 is 7.60 Å². The molecule has 24 heavy (non-hydrogen) atoms. The van der Waals surface area contributed by atoms with Crippen LogP contribution in [0, 0.1) is 0 Å². The number of rotatable bonds is 15. The molecule has 0 saturated heterocycles. The van der Waals surface area contributed by atoms with Crippen LogP contribution in [0.4, 0.5) is 0 Å². The highest BCUT2D eigenvalue weighted by Crippen LogP contribution is 2.49. The van der Waals surface area contributed by atoms with Crippen LogP contribution in [-0.4, -0.2) is 12.8 Å². The molecule has 0 spiro atoms. The molecule has 1 aromatic rings. The van der Waals surface area contributed by atoms with E-state index in [0.717, 1.165) is 24.8 Å². The van der Waals surface area contributed by atoms with Crippen molar-refractivity contribution >= 4 is 7.60 Å². The van der Waals surface area contributed by atoms with E-state index in [2.05, 4.69) is 6.58 Å². The van der Waals surface area contributed by atoms with Crippen LogP contribution < -0.4 is 0 Å². The van der Waals surface area contributed by atoms with Gasteiger partial charge in [-0.05, 0) is 31.7 Å². The van der Waals surface area contributed by atoms with Crippen molar-refractivity contribution in [1.82, 2.24) is 0 Å². The summed E-state index contributed by atoms with van der Waals surface area (Å²) in [5, 5.41) is 0. The molecule has 136 valence electrons. The summed E-state index contributed by atoms with van der Waals surface area (Å²) in [6.45, 7) is 6.38. The third-order valence-corrected chi connectivity index (χ3v) is 5.97. The summed E-state index contributed by atoms with van der Waals surface area (Å²) in [4.78, 5) is 0. The maximum atomic E-state index is 12.7. The van der Waals surface area contributed by atoms with Crippen LogP contribution in [0.15, 0.2) is 43.0 Å². The number of allylic oxidation sites excluding steroid dienone is 1. The van der Waals surface area contributed by atoms with Gasteiger partial charge >= 0.3 is 7.60 Å². The smallest absolute Gasteiger partial charge is 0.309 e. The molecule has 0 heterocycles. The Morgan fingerprint density at radius 2 is 1.58 bits per heavy atom. The van der Waals surface area contributed by atoms with Crippen LogP contribution in [0.2, 0.25) is 0 Å². The Balaban J connectivity index is 2.19. The molecule has 1 unspecified atom stereocenters. The predicted molar refractivity (Wildman–Crippen MR) is 102 cm³/mol. The van der Waals surface area contributed by atoms with Gasteiger partial charge in [0.2, 0.25) is 0 Å². The highest BCUT2D eigenvalue weighted by molar-refractivity contribution is 7.53. The zero-order valence-corrected chi connectivity index (χ0v) is 16.0. The van der Waals surface area contributed by atoms with Gasteiger partial charge in [0.1, 0.15) is 0 Å². The number of benzene rings is 1. The number of hydrogen-bond acceptors (Lipinski definition) is 3. The molecule has 1 atom stereocenters. The fraction of sp³-hybridized carbons (Fsp3) is 0.600. The average molecular weight is 352 g/mol. The van der Waals surface area contributed by atoms with Gasteiger partial charge < -0.3 is 9.05 Å². The summed E-state index contributed by atoms with van der Waals surface area (Å²) in [6.07, 6.45) is 11.9. The van der Waals surface area contributed by atoms with Gasteiger partial charge in [0.15, 0.2) is 0 Å². The molecule has 0 fully saturated rings. The second-order valence-corrected chi connectivity index (χ2v) is 8.25. The molecule has 1 aromatic carbocycles. The van der Waals surface area contributed by atoms with Crippen molar-refractivity contribution in [1.29, 1.82) is 0 Å². The second-order valence-electron chi connectivity index (χ2n) is 6.06. The van der Waals surface area contributed by atoms with E-state index >= 15 is 0 Å². The summed E-state index contributed by atoms with van der Waals surface area (Å²) in [5.74, 6) is 0. The SMILES string of the molecule is C=CCCCCCCCCCP(=O)(OCC)OCc1ccccc1. The molecule has 0 amide bonds. The Labute approximate surface area is 148 Å². The lowest BCUT2D eigenvalue weighted by atomic mass is 10.1. The molecule has 0 bridgehead atoms. The Morgan fingerprint density at radius 1 is 0.958 bits per heavy atom. The van der Waals surface area contributed by atoms with Crippen molar-refractivity contribution in [3.63, 3.8) is 0 Å². The normalized spacial score (nSPS) is 13.5. The standard InChI is InChI=1S/C20H33O3P/c1-3-5-6-7-8-9-10-11-15-18-24(21,22-4-2)23-19-20-16-13-12-14-17-20/h3,12-14,16-17H,1,4-11,15,18-19H2,2H3. The van der Waals surface area contributed by atoms with Gasteiger partial charge in [-0.3, -0.25) is 4.57 Å². The molecule has 0 aliphatic carbocycles. The lowest BCUT2D eigenvalue weighted by Crippen LogP contribution is -2.01. The molecule has 0 radical (unpaired) electrons. The first kappa shape index (κ1) is 21.2. The summed E-state index contributed by atoms with van der Waals surface area (Å²) < 4.78 is 23.8. The van der Waals surface area contributed by atoms with E-state index in [0.29, 0.717) is 19.4 Å². The first-order chi connectivity index (χ1) is 11.7. The molecule has 0 saturated carbocycles. The molecule has 0 N–H and O–H groups in total. The van der Waals surface area contributed by atoms with Crippen LogP contribution in [0.3, 0.4) is 0 Å². The minimum Gasteiger partial charge on any atom is -0.309 e. The van der Waals surface area contributed by atoms with Gasteiger partial charge in [-0.2, -0.15) is 0 Å². The van der Waals surface area contributed by atoms with Crippen molar-refractivity contribution in [2.24, 2.45) is 0 Å². The lowest BCUT2D eigenvalue weighted by molar-refractivity contribution is 0.204. The van der Waals surface area contributed by atoms with E-state index in [1.165, 1.54) is 32.1 Å². The minimum absolute atomic E-state index is 0.349. The first-order valence-electron chi connectivity index (χ1n) is 9.23. The monoisotopic (exact) mass is 352 g/mol. The van der Waals surface area contributed by atoms with Crippen molar-refractivity contribution < 1.29 is 13.6 Å². The Morgan fingerprint density at radius 3 is 2.21 bits per heavy atom. The van der Waals surface area contributed by atoms with E-state index in [-0.39, 0.29) is 0 Å². The minimum atomic E-state index is -2.97.